The molecular formula is C12H14Br2N2O2. The highest BCUT2D eigenvalue weighted by molar-refractivity contribution is 9.11. The van der Waals surface area contributed by atoms with Crippen molar-refractivity contribution >= 4 is 43.7 Å². The fourth-order valence-corrected chi connectivity index (χ4v) is 1.94. The van der Waals surface area contributed by atoms with Gasteiger partial charge in [-0.15, -0.1) is 0 Å². The summed E-state index contributed by atoms with van der Waals surface area (Å²) < 4.78 is 1.50. The highest BCUT2D eigenvalue weighted by atomic mass is 79.9. The lowest BCUT2D eigenvalue weighted by Crippen LogP contribution is -2.42. The second-order valence-corrected chi connectivity index (χ2v) is 6.32. The summed E-state index contributed by atoms with van der Waals surface area (Å²) in [5.41, 5.74) is 4.98. The summed E-state index contributed by atoms with van der Waals surface area (Å²) in [7, 11) is 0. The van der Waals surface area contributed by atoms with E-state index in [2.05, 4.69) is 37.2 Å². The Morgan fingerprint density at radius 3 is 2.50 bits per heavy atom. The van der Waals surface area contributed by atoms with Crippen molar-refractivity contribution < 1.29 is 9.59 Å². The number of rotatable bonds is 4. The van der Waals surface area contributed by atoms with E-state index in [1.807, 2.05) is 6.07 Å². The first-order chi connectivity index (χ1) is 8.24. The molecule has 1 rings (SSSR count). The van der Waals surface area contributed by atoms with Crippen LogP contribution in [0.3, 0.4) is 0 Å². The zero-order chi connectivity index (χ0) is 13.9. The molecule has 3 N–H and O–H groups in total. The van der Waals surface area contributed by atoms with Gasteiger partial charge in [0.05, 0.1) is 11.0 Å². The van der Waals surface area contributed by atoms with E-state index in [9.17, 15) is 9.59 Å². The molecule has 0 unspecified atom stereocenters. The monoisotopic (exact) mass is 376 g/mol. The molecule has 0 aliphatic rings. The molecule has 4 nitrogen and oxygen atoms in total. The Balaban J connectivity index is 2.78. The molecular weight excluding hydrogens is 364 g/mol. The van der Waals surface area contributed by atoms with Crippen molar-refractivity contribution in [1.29, 1.82) is 0 Å². The number of primary amides is 1. The van der Waals surface area contributed by atoms with Gasteiger partial charge >= 0.3 is 0 Å². The summed E-state index contributed by atoms with van der Waals surface area (Å²) in [5.74, 6) is -0.700. The van der Waals surface area contributed by atoms with Gasteiger partial charge < -0.3 is 11.1 Å². The molecule has 0 aliphatic heterocycles. The molecule has 2 amide bonds. The van der Waals surface area contributed by atoms with Crippen LogP contribution < -0.4 is 11.1 Å². The van der Waals surface area contributed by atoms with Crippen molar-refractivity contribution in [2.75, 3.05) is 6.54 Å². The van der Waals surface area contributed by atoms with Gasteiger partial charge in [0.1, 0.15) is 0 Å². The smallest absolute Gasteiger partial charge is 0.252 e. The van der Waals surface area contributed by atoms with E-state index in [4.69, 9.17) is 5.73 Å². The van der Waals surface area contributed by atoms with Crippen molar-refractivity contribution in [3.8, 4) is 0 Å². The van der Waals surface area contributed by atoms with Gasteiger partial charge in [-0.05, 0) is 48.0 Å². The lowest BCUT2D eigenvalue weighted by Gasteiger charge is -2.20. The van der Waals surface area contributed by atoms with E-state index in [-0.39, 0.29) is 12.5 Å². The molecule has 1 aromatic carbocycles. The zero-order valence-electron chi connectivity index (χ0n) is 10.1. The van der Waals surface area contributed by atoms with Gasteiger partial charge in [0.15, 0.2) is 0 Å². The van der Waals surface area contributed by atoms with Gasteiger partial charge in [-0.3, -0.25) is 9.59 Å². The number of carbonyl (C=O) groups excluding carboxylic acids is 2. The fourth-order valence-electron chi connectivity index (χ4n) is 1.16. The van der Waals surface area contributed by atoms with Crippen LogP contribution in [0.4, 0.5) is 0 Å². The van der Waals surface area contributed by atoms with Crippen LogP contribution in [0.2, 0.25) is 0 Å². The number of nitrogens with two attached hydrogens (primary N) is 1. The summed E-state index contributed by atoms with van der Waals surface area (Å²) in [6, 6.07) is 5.31. The van der Waals surface area contributed by atoms with E-state index in [0.29, 0.717) is 10.0 Å². The SMILES string of the molecule is CC(C)(CNC(=O)c1cc(Br)ccc1Br)C(N)=O. The molecule has 0 bridgehead atoms. The van der Waals surface area contributed by atoms with E-state index in [1.165, 1.54) is 0 Å². The predicted molar refractivity (Wildman–Crippen MR) is 77.2 cm³/mol. The summed E-state index contributed by atoms with van der Waals surface area (Å²) in [4.78, 5) is 23.1. The summed E-state index contributed by atoms with van der Waals surface area (Å²) >= 11 is 6.61. The number of hydrogen-bond acceptors (Lipinski definition) is 2. The summed E-state index contributed by atoms with van der Waals surface area (Å²) in [6.45, 7) is 3.57. The third kappa shape index (κ3) is 3.81. The largest absolute Gasteiger partial charge is 0.369 e. The fraction of sp³-hybridized carbons (Fsp3) is 0.333. The van der Waals surface area contributed by atoms with Gasteiger partial charge in [0.2, 0.25) is 5.91 Å². The minimum Gasteiger partial charge on any atom is -0.369 e. The maximum atomic E-state index is 12.0. The molecule has 0 aliphatic carbocycles. The van der Waals surface area contributed by atoms with Crippen molar-refractivity contribution in [3.05, 3.63) is 32.7 Å². The predicted octanol–water partition coefficient (Wildman–Crippen LogP) is 2.45. The Kier molecular flexibility index (Phi) is 4.92. The van der Waals surface area contributed by atoms with Crippen LogP contribution in [-0.2, 0) is 4.79 Å². The maximum Gasteiger partial charge on any atom is 0.252 e. The average molecular weight is 378 g/mol. The Morgan fingerprint density at radius 2 is 1.94 bits per heavy atom. The van der Waals surface area contributed by atoms with Crippen molar-refractivity contribution in [2.24, 2.45) is 11.1 Å². The highest BCUT2D eigenvalue weighted by Crippen LogP contribution is 2.22. The van der Waals surface area contributed by atoms with Crippen LogP contribution in [0.1, 0.15) is 24.2 Å². The van der Waals surface area contributed by atoms with E-state index in [1.54, 1.807) is 26.0 Å². The third-order valence-corrected chi connectivity index (χ3v) is 3.72. The maximum absolute atomic E-state index is 12.0. The minimum atomic E-state index is -0.770. The normalized spacial score (nSPS) is 11.1. The number of carbonyl (C=O) groups is 2. The third-order valence-electron chi connectivity index (χ3n) is 2.53. The first-order valence-electron chi connectivity index (χ1n) is 5.27. The lowest BCUT2D eigenvalue weighted by molar-refractivity contribution is -0.125. The van der Waals surface area contributed by atoms with E-state index in [0.717, 1.165) is 4.47 Å². The first kappa shape index (κ1) is 15.2. The standard InChI is InChI=1S/C12H14Br2N2O2/c1-12(2,11(15)18)6-16-10(17)8-5-7(13)3-4-9(8)14/h3-5H,6H2,1-2H3,(H2,15,18)(H,16,17). The van der Waals surface area contributed by atoms with E-state index >= 15 is 0 Å². The molecule has 6 heteroatoms. The van der Waals surface area contributed by atoms with Gasteiger partial charge in [-0.1, -0.05) is 15.9 Å². The van der Waals surface area contributed by atoms with Gasteiger partial charge in [0.25, 0.3) is 5.91 Å². The first-order valence-corrected chi connectivity index (χ1v) is 6.86. The highest BCUT2D eigenvalue weighted by Gasteiger charge is 2.25. The molecule has 1 aromatic rings. The zero-order valence-corrected chi connectivity index (χ0v) is 13.3. The van der Waals surface area contributed by atoms with Crippen LogP contribution in [-0.4, -0.2) is 18.4 Å². The Bertz CT molecular complexity index is 487. The van der Waals surface area contributed by atoms with Gasteiger partial charge in [0, 0.05) is 15.5 Å². The second-order valence-electron chi connectivity index (χ2n) is 4.55. The number of benzene rings is 1. The number of hydrogen-bond donors (Lipinski definition) is 2. The van der Waals surface area contributed by atoms with Gasteiger partial charge in [-0.25, -0.2) is 0 Å². The molecule has 0 aromatic heterocycles. The van der Waals surface area contributed by atoms with Crippen LogP contribution in [0.25, 0.3) is 0 Å². The quantitative estimate of drug-likeness (QED) is 0.845. The molecule has 98 valence electrons. The molecule has 0 radical (unpaired) electrons. The second kappa shape index (κ2) is 5.84. The molecule has 0 saturated carbocycles. The Hall–Kier alpha value is -0.880. The topological polar surface area (TPSA) is 72.2 Å². The number of amides is 2. The van der Waals surface area contributed by atoms with Crippen molar-refractivity contribution in [2.45, 2.75) is 13.8 Å². The number of halogens is 2. The molecule has 0 atom stereocenters. The van der Waals surface area contributed by atoms with Crippen LogP contribution in [0, 0.1) is 5.41 Å². The summed E-state index contributed by atoms with van der Waals surface area (Å²) in [6.07, 6.45) is 0. The minimum absolute atomic E-state index is 0.195. The van der Waals surface area contributed by atoms with Crippen molar-refractivity contribution in [3.63, 3.8) is 0 Å². The molecule has 0 fully saturated rings. The lowest BCUT2D eigenvalue weighted by atomic mass is 9.92. The summed E-state index contributed by atoms with van der Waals surface area (Å²) in [5, 5.41) is 2.70. The molecule has 0 saturated heterocycles. The Labute approximate surface area is 123 Å². The average Bonchev–Trinajstić information content (AvgIpc) is 2.29. The molecule has 0 spiro atoms. The van der Waals surface area contributed by atoms with E-state index < -0.39 is 11.3 Å². The van der Waals surface area contributed by atoms with Gasteiger partial charge in [-0.2, -0.15) is 0 Å². The Morgan fingerprint density at radius 1 is 1.33 bits per heavy atom. The van der Waals surface area contributed by atoms with Crippen LogP contribution >= 0.6 is 31.9 Å². The van der Waals surface area contributed by atoms with Crippen LogP contribution in [0.15, 0.2) is 27.1 Å². The molecule has 0 heterocycles. The van der Waals surface area contributed by atoms with Crippen molar-refractivity contribution in [1.82, 2.24) is 5.32 Å². The molecule has 18 heavy (non-hydrogen) atoms. The van der Waals surface area contributed by atoms with Crippen LogP contribution in [0.5, 0.6) is 0 Å². The number of nitrogens with one attached hydrogen (secondary N) is 1.